The Kier molecular flexibility index (Phi) is 7.61. The van der Waals surface area contributed by atoms with Gasteiger partial charge in [0.1, 0.15) is 30.0 Å². The Morgan fingerprint density at radius 3 is 2.18 bits per heavy atom. The lowest BCUT2D eigenvalue weighted by Crippen LogP contribution is -2.48. The molecule has 3 rings (SSSR count). The van der Waals surface area contributed by atoms with E-state index in [2.05, 4.69) is 6.58 Å². The van der Waals surface area contributed by atoms with Crippen LogP contribution >= 0.6 is 0 Å². The second kappa shape index (κ2) is 10.4. The lowest BCUT2D eigenvalue weighted by atomic mass is 9.76. The van der Waals surface area contributed by atoms with Gasteiger partial charge >= 0.3 is 12.1 Å². The van der Waals surface area contributed by atoms with Gasteiger partial charge in [-0.2, -0.15) is 0 Å². The number of ether oxygens (including phenoxy) is 2. The van der Waals surface area contributed by atoms with Crippen molar-refractivity contribution in [2.45, 2.75) is 25.5 Å². The first-order valence-corrected chi connectivity index (χ1v) is 10.6. The number of benzene rings is 2. The number of amides is 1. The average molecular weight is 471 g/mol. The molecule has 0 N–H and O–H groups in total. The van der Waals surface area contributed by atoms with Gasteiger partial charge in [0.15, 0.2) is 5.60 Å². The number of hydrogen-bond donors (Lipinski definition) is 0. The smallest absolute Gasteiger partial charge is 0.412 e. The van der Waals surface area contributed by atoms with Crippen molar-refractivity contribution in [2.75, 3.05) is 13.2 Å². The van der Waals surface area contributed by atoms with Gasteiger partial charge < -0.3 is 9.47 Å². The van der Waals surface area contributed by atoms with Crippen molar-refractivity contribution in [3.05, 3.63) is 107 Å². The van der Waals surface area contributed by atoms with Crippen molar-refractivity contribution < 1.29 is 32.2 Å². The Hall–Kier alpha value is -3.81. The summed E-state index contributed by atoms with van der Waals surface area (Å²) in [5.74, 6) is -3.26. The van der Waals surface area contributed by atoms with Crippen LogP contribution in [0.3, 0.4) is 0 Å². The molecule has 34 heavy (non-hydrogen) atoms. The molecule has 0 spiro atoms. The fraction of sp³-hybridized carbons (Fsp3) is 0.231. The number of nitrogens with zero attached hydrogens (tertiary/aromatic N) is 1. The van der Waals surface area contributed by atoms with Crippen molar-refractivity contribution >= 4 is 12.1 Å². The largest absolute Gasteiger partial charge is 0.465 e. The van der Waals surface area contributed by atoms with Gasteiger partial charge in [0.25, 0.3) is 0 Å². The molecular weight excluding hydrogens is 447 g/mol. The van der Waals surface area contributed by atoms with E-state index in [0.29, 0.717) is 0 Å². The van der Waals surface area contributed by atoms with Crippen LogP contribution in [0.25, 0.3) is 0 Å². The third-order valence-electron chi connectivity index (χ3n) is 5.43. The van der Waals surface area contributed by atoms with E-state index in [1.807, 2.05) is 0 Å². The quantitative estimate of drug-likeness (QED) is 0.373. The van der Waals surface area contributed by atoms with E-state index >= 15 is 13.2 Å². The summed E-state index contributed by atoms with van der Waals surface area (Å²) in [6, 6.07) is 9.24. The molecule has 0 saturated carbocycles. The molecule has 0 aromatic heterocycles. The second-order valence-corrected chi connectivity index (χ2v) is 7.41. The fourth-order valence-electron chi connectivity index (χ4n) is 4.14. The van der Waals surface area contributed by atoms with Gasteiger partial charge in [-0.3, -0.25) is 9.69 Å². The first-order chi connectivity index (χ1) is 16.3. The highest BCUT2D eigenvalue weighted by molar-refractivity contribution is 5.82. The maximum atomic E-state index is 15.3. The van der Waals surface area contributed by atoms with Gasteiger partial charge in [0.05, 0.1) is 6.61 Å². The molecule has 1 aliphatic heterocycles. The zero-order valence-corrected chi connectivity index (χ0v) is 18.8. The molecule has 2 aromatic carbocycles. The monoisotopic (exact) mass is 471 g/mol. The molecular formula is C26H24F3NO4. The molecule has 5 nitrogen and oxygen atoms in total. The van der Waals surface area contributed by atoms with Crippen molar-refractivity contribution in [1.82, 2.24) is 4.90 Å². The van der Waals surface area contributed by atoms with Gasteiger partial charge in [-0.1, -0.05) is 55.1 Å². The molecule has 1 fully saturated rings. The summed E-state index contributed by atoms with van der Waals surface area (Å²) in [7, 11) is 0. The SMILES string of the molecule is C=C/C(F)=C(\C=C/C)[C@@H]1N(CC(=O)OCC)C(=O)OC1(c1ccccc1F)c1ccccc1F. The molecule has 0 unspecified atom stereocenters. The zero-order chi connectivity index (χ0) is 24.9. The molecule has 178 valence electrons. The van der Waals surface area contributed by atoms with Crippen LogP contribution in [-0.2, 0) is 19.9 Å². The van der Waals surface area contributed by atoms with Crippen LogP contribution in [0, 0.1) is 11.6 Å². The summed E-state index contributed by atoms with van der Waals surface area (Å²) < 4.78 is 56.5. The van der Waals surface area contributed by atoms with Gasteiger partial charge in [-0.25, -0.2) is 18.0 Å². The number of cyclic esters (lactones) is 1. The Morgan fingerprint density at radius 2 is 1.71 bits per heavy atom. The highest BCUT2D eigenvalue weighted by Gasteiger charge is 2.60. The van der Waals surface area contributed by atoms with Crippen LogP contribution in [0.4, 0.5) is 18.0 Å². The standard InChI is InChI=1S/C26H24F3NO4/c1-4-11-17(20(27)5-2)24-26(18-12-7-9-14-21(18)28,19-13-8-10-15-22(19)29)34-25(32)30(24)16-23(31)33-6-3/h4-5,7-15,24H,2,6,16H2,1,3H3/b11-4-,20-17-/t24-/m0/s1. The van der Waals surface area contributed by atoms with Crippen molar-refractivity contribution in [2.24, 2.45) is 0 Å². The van der Waals surface area contributed by atoms with E-state index in [0.717, 1.165) is 23.1 Å². The number of allylic oxidation sites excluding steroid dienone is 3. The molecule has 1 heterocycles. The predicted molar refractivity (Wildman–Crippen MR) is 120 cm³/mol. The molecule has 1 atom stereocenters. The minimum absolute atomic E-state index is 0.0384. The van der Waals surface area contributed by atoms with Crippen molar-refractivity contribution in [1.29, 1.82) is 0 Å². The van der Waals surface area contributed by atoms with Crippen LogP contribution in [-0.4, -0.2) is 36.2 Å². The van der Waals surface area contributed by atoms with Gasteiger partial charge in [-0.05, 0) is 32.1 Å². The molecule has 1 saturated heterocycles. The van der Waals surface area contributed by atoms with Crippen LogP contribution in [0.5, 0.6) is 0 Å². The first-order valence-electron chi connectivity index (χ1n) is 10.6. The topological polar surface area (TPSA) is 55.8 Å². The van der Waals surface area contributed by atoms with E-state index < -0.39 is 47.7 Å². The van der Waals surface area contributed by atoms with Crippen molar-refractivity contribution in [3.63, 3.8) is 0 Å². The molecule has 8 heteroatoms. The van der Waals surface area contributed by atoms with E-state index in [-0.39, 0.29) is 23.3 Å². The lowest BCUT2D eigenvalue weighted by Gasteiger charge is -2.36. The summed E-state index contributed by atoms with van der Waals surface area (Å²) in [6.07, 6.45) is 2.69. The van der Waals surface area contributed by atoms with Crippen LogP contribution in [0.1, 0.15) is 25.0 Å². The molecule has 2 aromatic rings. The normalized spacial score (nSPS) is 18.0. The number of halogens is 3. The second-order valence-electron chi connectivity index (χ2n) is 7.41. The fourth-order valence-corrected chi connectivity index (χ4v) is 4.14. The van der Waals surface area contributed by atoms with Gasteiger partial charge in [-0.15, -0.1) is 0 Å². The average Bonchev–Trinajstić information content (AvgIpc) is 3.09. The van der Waals surface area contributed by atoms with Crippen LogP contribution < -0.4 is 0 Å². The maximum Gasteiger partial charge on any atom is 0.412 e. The van der Waals surface area contributed by atoms with Gasteiger partial charge in [0, 0.05) is 16.7 Å². The van der Waals surface area contributed by atoms with Gasteiger partial charge in [0.2, 0.25) is 0 Å². The minimum atomic E-state index is -2.17. The molecule has 0 bridgehead atoms. The summed E-state index contributed by atoms with van der Waals surface area (Å²) in [5, 5.41) is 0. The summed E-state index contributed by atoms with van der Waals surface area (Å²) in [4.78, 5) is 26.5. The number of hydrogen-bond acceptors (Lipinski definition) is 4. The summed E-state index contributed by atoms with van der Waals surface area (Å²) in [5.41, 5.74) is -2.73. The van der Waals surface area contributed by atoms with E-state index in [9.17, 15) is 9.59 Å². The van der Waals surface area contributed by atoms with Crippen LogP contribution in [0.15, 0.2) is 84.7 Å². The predicted octanol–water partition coefficient (Wildman–Crippen LogP) is 5.58. The Labute approximate surface area is 195 Å². The maximum absolute atomic E-state index is 15.3. The Bertz CT molecular complexity index is 1110. The summed E-state index contributed by atoms with van der Waals surface area (Å²) in [6.45, 7) is 6.05. The number of rotatable bonds is 8. The summed E-state index contributed by atoms with van der Waals surface area (Å²) >= 11 is 0. The lowest BCUT2D eigenvalue weighted by molar-refractivity contribution is -0.143. The van der Waals surface area contributed by atoms with E-state index in [1.165, 1.54) is 48.6 Å². The minimum Gasteiger partial charge on any atom is -0.465 e. The number of esters is 1. The van der Waals surface area contributed by atoms with E-state index in [1.54, 1.807) is 13.8 Å². The van der Waals surface area contributed by atoms with Crippen molar-refractivity contribution in [3.8, 4) is 0 Å². The zero-order valence-electron chi connectivity index (χ0n) is 18.8. The Morgan fingerprint density at radius 1 is 1.15 bits per heavy atom. The third kappa shape index (κ3) is 4.35. The Balaban J connectivity index is 2.44. The molecule has 1 amide bonds. The molecule has 1 aliphatic rings. The number of carbonyl (C=O) groups excluding carboxylic acids is 2. The third-order valence-corrected chi connectivity index (χ3v) is 5.43. The first kappa shape index (κ1) is 24.8. The molecule has 0 aliphatic carbocycles. The number of carbonyl (C=O) groups is 2. The highest BCUT2D eigenvalue weighted by Crippen LogP contribution is 2.49. The highest BCUT2D eigenvalue weighted by atomic mass is 19.1. The molecule has 0 radical (unpaired) electrons. The van der Waals surface area contributed by atoms with Crippen LogP contribution in [0.2, 0.25) is 0 Å². The van der Waals surface area contributed by atoms with E-state index in [4.69, 9.17) is 9.47 Å².